The minimum atomic E-state index is -1.09. The van der Waals surface area contributed by atoms with E-state index in [1.54, 1.807) is 12.1 Å². The maximum absolute atomic E-state index is 14.1. The van der Waals surface area contributed by atoms with Crippen molar-refractivity contribution in [3.8, 4) is 0 Å². The first kappa shape index (κ1) is 26.0. The topological polar surface area (TPSA) is 92.8 Å². The smallest absolute Gasteiger partial charge is 0.329 e. The van der Waals surface area contributed by atoms with Crippen LogP contribution in [0.5, 0.6) is 0 Å². The molecule has 204 valence electrons. The van der Waals surface area contributed by atoms with Crippen molar-refractivity contribution in [2.24, 2.45) is 17.8 Å². The zero-order chi connectivity index (χ0) is 28.1. The first-order chi connectivity index (χ1) is 19.3. The van der Waals surface area contributed by atoms with Gasteiger partial charge in [-0.25, -0.2) is 4.79 Å². The summed E-state index contributed by atoms with van der Waals surface area (Å²) in [5, 5.41) is 2.75. The van der Waals surface area contributed by atoms with Gasteiger partial charge in [-0.3, -0.25) is 19.3 Å². The van der Waals surface area contributed by atoms with E-state index in [1.165, 1.54) is 0 Å². The molecule has 3 aliphatic carbocycles. The van der Waals surface area contributed by atoms with Gasteiger partial charge in [0.25, 0.3) is 5.91 Å². The molecule has 1 saturated heterocycles. The highest BCUT2D eigenvalue weighted by Gasteiger charge is 2.63. The molecule has 0 radical (unpaired) electrons. The molecule has 40 heavy (non-hydrogen) atoms. The molecule has 1 heterocycles. The normalized spacial score (nSPS) is 22.9. The fraction of sp³-hybridized carbons (Fsp3) is 0.333. The fourth-order valence-electron chi connectivity index (χ4n) is 6.89. The lowest BCUT2D eigenvalue weighted by Crippen LogP contribution is -2.47. The van der Waals surface area contributed by atoms with Gasteiger partial charge >= 0.3 is 5.97 Å². The molecular weight excluding hydrogens is 504 g/mol. The lowest BCUT2D eigenvalue weighted by molar-refractivity contribution is -0.160. The van der Waals surface area contributed by atoms with Gasteiger partial charge in [0.05, 0.1) is 11.8 Å². The number of hydrogen-bond acceptors (Lipinski definition) is 5. The van der Waals surface area contributed by atoms with Crippen LogP contribution in [0.3, 0.4) is 0 Å². The van der Waals surface area contributed by atoms with E-state index in [1.807, 2.05) is 81.4 Å². The van der Waals surface area contributed by atoms with Crippen molar-refractivity contribution in [3.63, 3.8) is 0 Å². The number of nitrogens with one attached hydrogen (secondary N) is 1. The molecule has 1 fully saturated rings. The largest absolute Gasteiger partial charge is 0.454 e. The Hall–Kier alpha value is -4.26. The molecule has 1 N–H and O–H groups in total. The minimum Gasteiger partial charge on any atom is -0.454 e. The first-order valence-corrected chi connectivity index (χ1v) is 13.8. The predicted octanol–water partition coefficient (Wildman–Crippen LogP) is 4.78. The molecule has 2 bridgehead atoms. The second kappa shape index (κ2) is 10.0. The van der Waals surface area contributed by atoms with Gasteiger partial charge < -0.3 is 10.1 Å². The molecule has 3 amide bonds. The number of benzene rings is 3. The van der Waals surface area contributed by atoms with Gasteiger partial charge in [0.15, 0.2) is 6.61 Å². The fourth-order valence-corrected chi connectivity index (χ4v) is 6.89. The van der Waals surface area contributed by atoms with E-state index < -0.39 is 36.4 Å². The van der Waals surface area contributed by atoms with Gasteiger partial charge in [-0.05, 0) is 53.1 Å². The summed E-state index contributed by atoms with van der Waals surface area (Å²) >= 11 is 0. The highest BCUT2D eigenvalue weighted by Crippen LogP contribution is 2.61. The van der Waals surface area contributed by atoms with E-state index in [0.717, 1.165) is 32.7 Å². The van der Waals surface area contributed by atoms with Crippen molar-refractivity contribution in [2.45, 2.75) is 45.1 Å². The lowest BCUT2D eigenvalue weighted by atomic mass is 9.55. The average Bonchev–Trinajstić information content (AvgIpc) is 3.21. The Bertz CT molecular complexity index is 1410. The van der Waals surface area contributed by atoms with Crippen LogP contribution in [0.15, 0.2) is 72.8 Å². The number of likely N-dealkylation sites (tertiary alicyclic amines) is 1. The number of carbonyl (C=O) groups excluding carboxylic acids is 4. The Kier molecular flexibility index (Phi) is 6.53. The number of esters is 1. The molecule has 0 unspecified atom stereocenters. The molecule has 7 nitrogen and oxygen atoms in total. The molecule has 7 rings (SSSR count). The van der Waals surface area contributed by atoms with Crippen LogP contribution in [0.2, 0.25) is 0 Å². The summed E-state index contributed by atoms with van der Waals surface area (Å²) in [6.45, 7) is 5.22. The number of ether oxygens (including phenoxy) is 1. The van der Waals surface area contributed by atoms with Crippen LogP contribution in [0, 0.1) is 24.7 Å². The molecule has 0 saturated carbocycles. The standard InChI is InChI=1S/C33H32N2O5/c1-18(2)16-25(33(39)40-17-26(36)34-24-15-9-4-10-19(24)3)35-31(37)29-27-20-11-5-6-12-21(20)28(30(29)32(35)38)23-14-8-7-13-22(23)27/h4-15,18,25,27-30H,16-17H2,1-3H3,(H,34,36)/t25-,27?,28?,29-,30+/m0/s1. The Morgan fingerprint density at radius 3 is 1.75 bits per heavy atom. The molecule has 0 aromatic heterocycles. The second-order valence-electron chi connectivity index (χ2n) is 11.4. The van der Waals surface area contributed by atoms with Crippen LogP contribution >= 0.6 is 0 Å². The summed E-state index contributed by atoms with van der Waals surface area (Å²) in [5.41, 5.74) is 5.81. The van der Waals surface area contributed by atoms with E-state index in [4.69, 9.17) is 4.74 Å². The zero-order valence-electron chi connectivity index (χ0n) is 22.8. The van der Waals surface area contributed by atoms with Gasteiger partial charge in [-0.2, -0.15) is 0 Å². The van der Waals surface area contributed by atoms with Crippen molar-refractivity contribution < 1.29 is 23.9 Å². The summed E-state index contributed by atoms with van der Waals surface area (Å²) in [5.74, 6) is -3.53. The monoisotopic (exact) mass is 536 g/mol. The Morgan fingerprint density at radius 2 is 1.27 bits per heavy atom. The first-order valence-electron chi connectivity index (χ1n) is 13.8. The number of rotatable bonds is 7. The van der Waals surface area contributed by atoms with Gasteiger partial charge in [-0.15, -0.1) is 0 Å². The van der Waals surface area contributed by atoms with Crippen molar-refractivity contribution in [1.82, 2.24) is 4.90 Å². The summed E-state index contributed by atoms with van der Waals surface area (Å²) in [6, 6.07) is 22.3. The number of para-hydroxylation sites is 1. The number of nitrogens with zero attached hydrogens (tertiary/aromatic N) is 1. The number of hydrogen-bond donors (Lipinski definition) is 1. The van der Waals surface area contributed by atoms with Crippen LogP contribution in [0.25, 0.3) is 0 Å². The molecule has 3 aromatic carbocycles. The number of anilines is 1. The molecule has 1 aliphatic heterocycles. The van der Waals surface area contributed by atoms with E-state index in [0.29, 0.717) is 5.69 Å². The third-order valence-electron chi connectivity index (χ3n) is 8.53. The van der Waals surface area contributed by atoms with Gasteiger partial charge in [0.1, 0.15) is 6.04 Å². The third-order valence-corrected chi connectivity index (χ3v) is 8.53. The van der Waals surface area contributed by atoms with E-state index in [-0.39, 0.29) is 36.0 Å². The Labute approximate surface area is 233 Å². The zero-order valence-corrected chi connectivity index (χ0v) is 22.8. The van der Waals surface area contributed by atoms with Gasteiger partial charge in [-0.1, -0.05) is 80.6 Å². The van der Waals surface area contributed by atoms with Crippen molar-refractivity contribution in [1.29, 1.82) is 0 Å². The van der Waals surface area contributed by atoms with Crippen LogP contribution in [0.1, 0.15) is 59.9 Å². The quantitative estimate of drug-likeness (QED) is 0.347. The number of imide groups is 1. The Balaban J connectivity index is 1.28. The number of aryl methyl sites for hydroxylation is 1. The van der Waals surface area contributed by atoms with Crippen LogP contribution in [-0.2, 0) is 23.9 Å². The maximum Gasteiger partial charge on any atom is 0.329 e. The van der Waals surface area contributed by atoms with Crippen molar-refractivity contribution >= 4 is 29.4 Å². The van der Waals surface area contributed by atoms with E-state index >= 15 is 0 Å². The molecular formula is C33H32N2O5. The van der Waals surface area contributed by atoms with Crippen LogP contribution < -0.4 is 5.32 Å². The molecule has 0 spiro atoms. The lowest BCUT2D eigenvalue weighted by Gasteiger charge is -2.45. The molecule has 3 atom stereocenters. The summed E-state index contributed by atoms with van der Waals surface area (Å²) < 4.78 is 5.44. The van der Waals surface area contributed by atoms with E-state index in [2.05, 4.69) is 5.32 Å². The third kappa shape index (κ3) is 4.12. The summed E-state index contributed by atoms with van der Waals surface area (Å²) in [4.78, 5) is 55.4. The highest BCUT2D eigenvalue weighted by atomic mass is 16.5. The van der Waals surface area contributed by atoms with E-state index in [9.17, 15) is 19.2 Å². The average molecular weight is 537 g/mol. The number of carbonyl (C=O) groups is 4. The summed E-state index contributed by atoms with van der Waals surface area (Å²) in [6.07, 6.45) is 0.254. The van der Waals surface area contributed by atoms with Crippen LogP contribution in [-0.4, -0.2) is 41.2 Å². The van der Waals surface area contributed by atoms with Crippen molar-refractivity contribution in [3.05, 3.63) is 101 Å². The number of amides is 3. The second-order valence-corrected chi connectivity index (χ2v) is 11.4. The summed E-state index contributed by atoms with van der Waals surface area (Å²) in [7, 11) is 0. The maximum atomic E-state index is 14.1. The predicted molar refractivity (Wildman–Crippen MR) is 149 cm³/mol. The molecule has 7 heteroatoms. The van der Waals surface area contributed by atoms with Crippen LogP contribution in [0.4, 0.5) is 5.69 Å². The SMILES string of the molecule is Cc1ccccc1NC(=O)COC(=O)[C@H](CC(C)C)N1C(=O)[C@@H]2C3c4ccccc4C(c4ccccc43)[C@@H]2C1=O. The minimum absolute atomic E-state index is 0.00712. The Morgan fingerprint density at radius 1 is 0.800 bits per heavy atom. The molecule has 4 aliphatic rings. The highest BCUT2D eigenvalue weighted by molar-refractivity contribution is 6.10. The van der Waals surface area contributed by atoms with Crippen molar-refractivity contribution in [2.75, 3.05) is 11.9 Å². The van der Waals surface area contributed by atoms with Gasteiger partial charge in [0.2, 0.25) is 11.8 Å². The molecule has 3 aromatic rings. The van der Waals surface area contributed by atoms with Gasteiger partial charge in [0, 0.05) is 17.5 Å².